The Bertz CT molecular complexity index is 1400. The van der Waals surface area contributed by atoms with E-state index in [0.29, 0.717) is 49.2 Å². The fourth-order valence-corrected chi connectivity index (χ4v) is 4.67. The lowest BCUT2D eigenvalue weighted by molar-refractivity contribution is 0.0726. The van der Waals surface area contributed by atoms with Gasteiger partial charge in [-0.2, -0.15) is 0 Å². The Morgan fingerprint density at radius 2 is 1.79 bits per heavy atom. The second-order valence-corrected chi connectivity index (χ2v) is 9.27. The van der Waals surface area contributed by atoms with Crippen LogP contribution in [0.2, 0.25) is 0 Å². The highest BCUT2D eigenvalue weighted by Gasteiger charge is 2.28. The number of rotatable bonds is 8. The topological polar surface area (TPSA) is 68.0 Å². The van der Waals surface area contributed by atoms with Gasteiger partial charge < -0.3 is 23.8 Å². The molecule has 0 N–H and O–H groups in total. The summed E-state index contributed by atoms with van der Waals surface area (Å²) < 4.78 is 30.6. The van der Waals surface area contributed by atoms with Crippen LogP contribution in [0.25, 0.3) is 11.3 Å². The molecule has 0 saturated carbocycles. The number of ether oxygens (including phenoxy) is 2. The quantitative estimate of drug-likeness (QED) is 0.310. The summed E-state index contributed by atoms with van der Waals surface area (Å²) in [5.41, 5.74) is 4.75. The van der Waals surface area contributed by atoms with Gasteiger partial charge in [0.25, 0.3) is 5.91 Å². The number of anilines is 1. The molecule has 1 fully saturated rings. The van der Waals surface area contributed by atoms with Crippen molar-refractivity contribution in [2.45, 2.75) is 20.0 Å². The number of benzene rings is 3. The Hall–Kier alpha value is -4.17. The van der Waals surface area contributed by atoms with Crippen molar-refractivity contribution in [2.75, 3.05) is 38.3 Å². The van der Waals surface area contributed by atoms with Crippen molar-refractivity contribution in [2.24, 2.45) is 0 Å². The largest absolute Gasteiger partial charge is 0.496 e. The average Bonchev–Trinajstić information content (AvgIpc) is 3.37. The molecule has 2 heterocycles. The van der Waals surface area contributed by atoms with Crippen LogP contribution in [0.5, 0.6) is 5.75 Å². The lowest BCUT2D eigenvalue weighted by Gasteiger charge is -2.29. The van der Waals surface area contributed by atoms with Crippen LogP contribution in [-0.4, -0.2) is 49.4 Å². The molecule has 0 aliphatic carbocycles. The molecule has 4 aromatic rings. The molecule has 7 nitrogen and oxygen atoms in total. The van der Waals surface area contributed by atoms with E-state index in [2.05, 4.69) is 16.1 Å². The SMILES string of the molecule is COc1ccccc1C(=O)N(Cc1ccc(F)cc1)Cc1c(-c2cccc(C)c2)noc1N1CCOCC1. The highest BCUT2D eigenvalue weighted by Crippen LogP contribution is 2.34. The Morgan fingerprint density at radius 1 is 1.03 bits per heavy atom. The molecule has 196 valence electrons. The molecule has 8 heteroatoms. The zero-order chi connectivity index (χ0) is 26.5. The van der Waals surface area contributed by atoms with Crippen LogP contribution in [-0.2, 0) is 17.8 Å². The number of hydrogen-bond acceptors (Lipinski definition) is 6. The van der Waals surface area contributed by atoms with E-state index in [1.807, 2.05) is 37.3 Å². The number of nitrogens with zero attached hydrogens (tertiary/aromatic N) is 3. The smallest absolute Gasteiger partial charge is 0.258 e. The average molecular weight is 516 g/mol. The predicted octanol–water partition coefficient (Wildman–Crippen LogP) is 5.48. The fraction of sp³-hybridized carbons (Fsp3) is 0.267. The minimum Gasteiger partial charge on any atom is -0.496 e. The van der Waals surface area contributed by atoms with Crippen LogP contribution in [0.3, 0.4) is 0 Å². The Labute approximate surface area is 221 Å². The van der Waals surface area contributed by atoms with Crippen LogP contribution < -0.4 is 9.64 Å². The number of hydrogen-bond donors (Lipinski definition) is 0. The molecule has 1 aliphatic rings. The Balaban J connectivity index is 1.58. The van der Waals surface area contributed by atoms with Crippen LogP contribution in [0.4, 0.5) is 10.3 Å². The number of carbonyl (C=O) groups is 1. The monoisotopic (exact) mass is 515 g/mol. The van der Waals surface area contributed by atoms with E-state index in [1.54, 1.807) is 36.3 Å². The van der Waals surface area contributed by atoms with E-state index in [-0.39, 0.29) is 24.8 Å². The van der Waals surface area contributed by atoms with Gasteiger partial charge in [0.05, 0.1) is 38.0 Å². The normalized spacial score (nSPS) is 13.4. The van der Waals surface area contributed by atoms with Crippen LogP contribution in [0.15, 0.2) is 77.3 Å². The third-order valence-corrected chi connectivity index (χ3v) is 6.62. The molecular formula is C30H30FN3O4. The number of aromatic nitrogens is 1. The zero-order valence-corrected chi connectivity index (χ0v) is 21.5. The van der Waals surface area contributed by atoms with Gasteiger partial charge in [0.2, 0.25) is 5.88 Å². The van der Waals surface area contributed by atoms with Crippen molar-refractivity contribution in [3.8, 4) is 17.0 Å². The summed E-state index contributed by atoms with van der Waals surface area (Å²) >= 11 is 0. The number of methoxy groups -OCH3 is 1. The summed E-state index contributed by atoms with van der Waals surface area (Å²) in [4.78, 5) is 17.8. The molecule has 0 atom stereocenters. The van der Waals surface area contributed by atoms with E-state index < -0.39 is 0 Å². The van der Waals surface area contributed by atoms with Crippen molar-refractivity contribution in [1.29, 1.82) is 0 Å². The zero-order valence-electron chi connectivity index (χ0n) is 21.5. The highest BCUT2D eigenvalue weighted by atomic mass is 19.1. The van der Waals surface area contributed by atoms with Gasteiger partial charge in [-0.1, -0.05) is 53.2 Å². The van der Waals surface area contributed by atoms with Crippen molar-refractivity contribution in [1.82, 2.24) is 10.1 Å². The van der Waals surface area contributed by atoms with Gasteiger partial charge in [0, 0.05) is 25.2 Å². The lowest BCUT2D eigenvalue weighted by Crippen LogP contribution is -2.37. The molecule has 0 bridgehead atoms. The minimum absolute atomic E-state index is 0.212. The van der Waals surface area contributed by atoms with Gasteiger partial charge in [0.1, 0.15) is 17.3 Å². The molecule has 0 unspecified atom stereocenters. The second-order valence-electron chi connectivity index (χ2n) is 9.27. The van der Waals surface area contributed by atoms with E-state index in [4.69, 9.17) is 14.0 Å². The lowest BCUT2D eigenvalue weighted by atomic mass is 10.0. The maximum atomic E-state index is 14.0. The van der Waals surface area contributed by atoms with Crippen LogP contribution >= 0.6 is 0 Å². The first-order chi connectivity index (χ1) is 18.5. The van der Waals surface area contributed by atoms with Crippen molar-refractivity contribution < 1.29 is 23.2 Å². The summed E-state index contributed by atoms with van der Waals surface area (Å²) in [6.45, 7) is 5.00. The van der Waals surface area contributed by atoms with Crippen molar-refractivity contribution in [3.05, 3.63) is 101 Å². The molecule has 5 rings (SSSR count). The minimum atomic E-state index is -0.327. The first-order valence-corrected chi connectivity index (χ1v) is 12.6. The number of amides is 1. The Morgan fingerprint density at radius 3 is 2.53 bits per heavy atom. The van der Waals surface area contributed by atoms with Crippen molar-refractivity contribution in [3.63, 3.8) is 0 Å². The summed E-state index contributed by atoms with van der Waals surface area (Å²) in [5.74, 6) is 0.573. The molecule has 38 heavy (non-hydrogen) atoms. The van der Waals surface area contributed by atoms with Gasteiger partial charge in [-0.15, -0.1) is 0 Å². The molecule has 3 aromatic carbocycles. The Kier molecular flexibility index (Phi) is 7.70. The number of halogens is 1. The fourth-order valence-electron chi connectivity index (χ4n) is 4.67. The maximum absolute atomic E-state index is 14.0. The van der Waals surface area contributed by atoms with E-state index in [1.165, 1.54) is 12.1 Å². The third-order valence-electron chi connectivity index (χ3n) is 6.62. The van der Waals surface area contributed by atoms with Gasteiger partial charge in [-0.05, 0) is 42.8 Å². The second kappa shape index (κ2) is 11.5. The van der Waals surface area contributed by atoms with Crippen LogP contribution in [0.1, 0.15) is 27.0 Å². The molecule has 1 amide bonds. The van der Waals surface area contributed by atoms with E-state index in [0.717, 1.165) is 22.3 Å². The van der Waals surface area contributed by atoms with Gasteiger partial charge in [0.15, 0.2) is 0 Å². The molecule has 0 radical (unpaired) electrons. The molecule has 1 aliphatic heterocycles. The number of carbonyl (C=O) groups excluding carboxylic acids is 1. The standard InChI is InChI=1S/C30H30FN3O4/c1-21-6-5-7-23(18-21)28-26(30(38-32-28)33-14-16-37-17-15-33)20-34(19-22-10-12-24(31)13-11-22)29(35)25-8-3-4-9-27(25)36-2/h3-13,18H,14-17,19-20H2,1-2H3. The number of aryl methyl sites for hydroxylation is 1. The first-order valence-electron chi connectivity index (χ1n) is 12.6. The molecule has 1 aromatic heterocycles. The predicted molar refractivity (Wildman–Crippen MR) is 143 cm³/mol. The van der Waals surface area contributed by atoms with E-state index in [9.17, 15) is 9.18 Å². The maximum Gasteiger partial charge on any atom is 0.258 e. The molecular weight excluding hydrogens is 485 g/mol. The van der Waals surface area contributed by atoms with Crippen LogP contribution in [0, 0.1) is 12.7 Å². The van der Waals surface area contributed by atoms with Gasteiger partial charge in [-0.3, -0.25) is 4.79 Å². The highest BCUT2D eigenvalue weighted by molar-refractivity contribution is 5.97. The van der Waals surface area contributed by atoms with Gasteiger partial charge in [-0.25, -0.2) is 4.39 Å². The molecule has 0 spiro atoms. The summed E-state index contributed by atoms with van der Waals surface area (Å²) in [5, 5.41) is 4.47. The van der Waals surface area contributed by atoms with E-state index >= 15 is 0 Å². The summed E-state index contributed by atoms with van der Waals surface area (Å²) in [6, 6.07) is 21.4. The number of para-hydroxylation sites is 1. The van der Waals surface area contributed by atoms with Crippen molar-refractivity contribution >= 4 is 11.8 Å². The van der Waals surface area contributed by atoms with Gasteiger partial charge >= 0.3 is 0 Å². The molecule has 1 saturated heterocycles. The summed E-state index contributed by atoms with van der Waals surface area (Å²) in [7, 11) is 1.54. The third kappa shape index (κ3) is 5.55. The number of morpholine rings is 1. The summed E-state index contributed by atoms with van der Waals surface area (Å²) in [6.07, 6.45) is 0. The first kappa shape index (κ1) is 25.5.